The number of carbonyl (C=O) groups excluding carboxylic acids is 2. The van der Waals surface area contributed by atoms with Crippen molar-refractivity contribution in [3.8, 4) is 0 Å². The number of benzene rings is 2. The van der Waals surface area contributed by atoms with Crippen LogP contribution in [-0.4, -0.2) is 31.7 Å². The molecule has 0 fully saturated rings. The largest absolute Gasteiger partial charge is 0.349 e. The number of unbranched alkanes of at least 4 members (excludes halogenated alkanes) is 2. The molecule has 6 nitrogen and oxygen atoms in total. The van der Waals surface area contributed by atoms with Crippen molar-refractivity contribution in [3.05, 3.63) is 65.7 Å². The Balaban J connectivity index is 1.95. The van der Waals surface area contributed by atoms with Crippen molar-refractivity contribution in [2.75, 3.05) is 16.8 Å². The van der Waals surface area contributed by atoms with Crippen LogP contribution in [0.1, 0.15) is 55.1 Å². The number of nitrogens with one attached hydrogen (secondary N) is 2. The summed E-state index contributed by atoms with van der Waals surface area (Å²) in [5.74, 6) is -1.22. The van der Waals surface area contributed by atoms with Crippen LogP contribution in [0.3, 0.4) is 0 Å². The minimum atomic E-state index is -3.40. The van der Waals surface area contributed by atoms with E-state index < -0.39 is 21.5 Å². The molecule has 0 heterocycles. The number of hydrogen-bond acceptors (Lipinski definition) is 4. The minimum absolute atomic E-state index is 0.0314. The molecule has 2 amide bonds. The second kappa shape index (κ2) is 10.8. The molecule has 156 valence electrons. The van der Waals surface area contributed by atoms with Crippen LogP contribution in [0.4, 0.5) is 5.69 Å². The smallest absolute Gasteiger partial charge is 0.255 e. The quantitative estimate of drug-likeness (QED) is 0.577. The van der Waals surface area contributed by atoms with E-state index in [2.05, 4.69) is 10.6 Å². The molecule has 1 unspecified atom stereocenters. The Hall–Kier alpha value is -2.67. The third kappa shape index (κ3) is 7.69. The molecule has 0 aliphatic carbocycles. The summed E-state index contributed by atoms with van der Waals surface area (Å²) in [6, 6.07) is 15.6. The predicted octanol–water partition coefficient (Wildman–Crippen LogP) is 3.72. The molecule has 0 radical (unpaired) electrons. The van der Waals surface area contributed by atoms with Gasteiger partial charge in [-0.05, 0) is 43.2 Å². The number of rotatable bonds is 10. The highest BCUT2D eigenvalue weighted by Gasteiger charge is 2.18. The number of hydrogen-bond donors (Lipinski definition) is 2. The van der Waals surface area contributed by atoms with Gasteiger partial charge in [-0.2, -0.15) is 0 Å². The first kappa shape index (κ1) is 22.6. The van der Waals surface area contributed by atoms with E-state index in [1.807, 2.05) is 19.1 Å². The summed E-state index contributed by atoms with van der Waals surface area (Å²) in [5.41, 5.74) is 1.92. The zero-order chi connectivity index (χ0) is 21.3. The lowest BCUT2D eigenvalue weighted by molar-refractivity contribution is -0.119. The first-order chi connectivity index (χ1) is 13.8. The molecule has 29 heavy (non-hydrogen) atoms. The molecule has 2 N–H and O–H groups in total. The van der Waals surface area contributed by atoms with E-state index in [-0.39, 0.29) is 17.7 Å². The van der Waals surface area contributed by atoms with E-state index in [0.717, 1.165) is 18.4 Å². The van der Waals surface area contributed by atoms with Crippen molar-refractivity contribution >= 4 is 27.3 Å². The Kier molecular flexibility index (Phi) is 8.39. The Morgan fingerprint density at radius 1 is 1.00 bits per heavy atom. The lowest BCUT2D eigenvalue weighted by atomic mass is 10.1. The van der Waals surface area contributed by atoms with Crippen molar-refractivity contribution < 1.29 is 18.0 Å². The molecule has 0 aliphatic rings. The Bertz CT molecular complexity index is 927. The summed E-state index contributed by atoms with van der Waals surface area (Å²) >= 11 is 0. The summed E-state index contributed by atoms with van der Waals surface area (Å²) in [4.78, 5) is 24.5. The fourth-order valence-electron chi connectivity index (χ4n) is 2.89. The Labute approximate surface area is 172 Å². The molecule has 0 aliphatic heterocycles. The highest BCUT2D eigenvalue weighted by Crippen LogP contribution is 2.18. The molecule has 2 aromatic carbocycles. The van der Waals surface area contributed by atoms with Gasteiger partial charge in [-0.15, -0.1) is 0 Å². The molecule has 2 aromatic rings. The van der Waals surface area contributed by atoms with Gasteiger partial charge in [0.05, 0.1) is 11.8 Å². The summed E-state index contributed by atoms with van der Waals surface area (Å²) in [6.07, 6.45) is 2.33. The van der Waals surface area contributed by atoms with E-state index in [0.29, 0.717) is 17.7 Å². The van der Waals surface area contributed by atoms with Gasteiger partial charge >= 0.3 is 0 Å². The van der Waals surface area contributed by atoms with Crippen LogP contribution in [0.25, 0.3) is 0 Å². The van der Waals surface area contributed by atoms with Crippen LogP contribution in [0.2, 0.25) is 0 Å². The zero-order valence-corrected chi connectivity index (χ0v) is 17.7. The number of amides is 2. The van der Waals surface area contributed by atoms with Gasteiger partial charge in [-0.25, -0.2) is 8.42 Å². The van der Waals surface area contributed by atoms with Crippen LogP contribution in [0, 0.1) is 0 Å². The number of anilines is 1. The second-order valence-corrected chi connectivity index (χ2v) is 9.22. The molecule has 0 bridgehead atoms. The van der Waals surface area contributed by atoms with Crippen molar-refractivity contribution in [1.29, 1.82) is 0 Å². The standard InChI is InChI=1S/C22H28N2O4S/c1-3-4-8-14-29(27,28)16-21(25)23-17(2)19-12-9-13-20(15-19)24-22(26)18-10-6-5-7-11-18/h5-7,9-13,15,17H,3-4,8,14,16H2,1-2H3,(H,23,25)(H,24,26). The van der Waals surface area contributed by atoms with Gasteiger partial charge in [-0.3, -0.25) is 9.59 Å². The lowest BCUT2D eigenvalue weighted by Crippen LogP contribution is -2.33. The van der Waals surface area contributed by atoms with Crippen molar-refractivity contribution in [2.24, 2.45) is 0 Å². The minimum Gasteiger partial charge on any atom is -0.349 e. The first-order valence-corrected chi connectivity index (χ1v) is 11.6. The highest BCUT2D eigenvalue weighted by atomic mass is 32.2. The van der Waals surface area contributed by atoms with Crippen molar-refractivity contribution in [1.82, 2.24) is 5.32 Å². The van der Waals surface area contributed by atoms with Gasteiger partial charge in [0.1, 0.15) is 5.75 Å². The van der Waals surface area contributed by atoms with Gasteiger partial charge in [0, 0.05) is 11.3 Å². The third-order valence-electron chi connectivity index (χ3n) is 4.47. The van der Waals surface area contributed by atoms with Crippen LogP contribution in [-0.2, 0) is 14.6 Å². The molecule has 0 saturated heterocycles. The zero-order valence-electron chi connectivity index (χ0n) is 16.9. The monoisotopic (exact) mass is 416 g/mol. The second-order valence-electron chi connectivity index (χ2n) is 7.03. The first-order valence-electron chi connectivity index (χ1n) is 9.77. The summed E-state index contributed by atoms with van der Waals surface area (Å²) in [6.45, 7) is 3.77. The van der Waals surface area contributed by atoms with E-state index in [1.54, 1.807) is 49.4 Å². The number of carbonyl (C=O) groups is 2. The maximum absolute atomic E-state index is 12.3. The molecular formula is C22H28N2O4S. The molecule has 2 rings (SSSR count). The fourth-order valence-corrected chi connectivity index (χ4v) is 4.16. The maximum atomic E-state index is 12.3. The van der Waals surface area contributed by atoms with Gasteiger partial charge in [0.15, 0.2) is 9.84 Å². The van der Waals surface area contributed by atoms with Crippen LogP contribution in [0.15, 0.2) is 54.6 Å². The van der Waals surface area contributed by atoms with E-state index in [9.17, 15) is 18.0 Å². The van der Waals surface area contributed by atoms with Gasteiger partial charge in [-0.1, -0.05) is 50.1 Å². The highest BCUT2D eigenvalue weighted by molar-refractivity contribution is 7.92. The molecular weight excluding hydrogens is 388 g/mol. The van der Waals surface area contributed by atoms with Crippen molar-refractivity contribution in [2.45, 2.75) is 39.2 Å². The molecule has 0 saturated carbocycles. The van der Waals surface area contributed by atoms with E-state index >= 15 is 0 Å². The summed E-state index contributed by atoms with van der Waals surface area (Å²) < 4.78 is 24.1. The number of sulfone groups is 1. The topological polar surface area (TPSA) is 92.3 Å². The average Bonchev–Trinajstić information content (AvgIpc) is 2.68. The predicted molar refractivity (Wildman–Crippen MR) is 116 cm³/mol. The maximum Gasteiger partial charge on any atom is 0.255 e. The van der Waals surface area contributed by atoms with Gasteiger partial charge in [0.2, 0.25) is 5.91 Å². The van der Waals surface area contributed by atoms with Gasteiger partial charge < -0.3 is 10.6 Å². The van der Waals surface area contributed by atoms with Crippen molar-refractivity contribution in [3.63, 3.8) is 0 Å². The molecule has 0 spiro atoms. The average molecular weight is 417 g/mol. The van der Waals surface area contributed by atoms with Crippen LogP contribution in [0.5, 0.6) is 0 Å². The normalized spacial score (nSPS) is 12.2. The summed E-state index contributed by atoms with van der Waals surface area (Å²) in [7, 11) is -3.40. The Morgan fingerprint density at radius 2 is 1.72 bits per heavy atom. The fraction of sp³-hybridized carbons (Fsp3) is 0.364. The van der Waals surface area contributed by atoms with E-state index in [4.69, 9.17) is 0 Å². The Morgan fingerprint density at radius 3 is 2.41 bits per heavy atom. The molecule has 7 heteroatoms. The molecule has 0 aromatic heterocycles. The molecule has 1 atom stereocenters. The van der Waals surface area contributed by atoms with E-state index in [1.165, 1.54) is 0 Å². The van der Waals surface area contributed by atoms with Crippen LogP contribution < -0.4 is 10.6 Å². The summed E-state index contributed by atoms with van der Waals surface area (Å²) in [5, 5.41) is 5.55. The third-order valence-corrected chi connectivity index (χ3v) is 6.08. The SMILES string of the molecule is CCCCCS(=O)(=O)CC(=O)NC(C)c1cccc(NC(=O)c2ccccc2)c1. The van der Waals surface area contributed by atoms with Gasteiger partial charge in [0.25, 0.3) is 5.91 Å². The van der Waals surface area contributed by atoms with Crippen LogP contribution >= 0.6 is 0 Å². The lowest BCUT2D eigenvalue weighted by Gasteiger charge is -2.16.